The zero-order valence-corrected chi connectivity index (χ0v) is 20.9. The quantitative estimate of drug-likeness (QED) is 0.347. The Bertz CT molecular complexity index is 1760. The van der Waals surface area contributed by atoms with Crippen LogP contribution in [0.1, 0.15) is 18.4 Å². The molecular formula is C28H25ClN8. The highest BCUT2D eigenvalue weighted by Gasteiger charge is 2.20. The molecule has 0 radical (unpaired) electrons. The van der Waals surface area contributed by atoms with Crippen molar-refractivity contribution in [3.63, 3.8) is 0 Å². The van der Waals surface area contributed by atoms with Gasteiger partial charge in [0.15, 0.2) is 5.65 Å². The van der Waals surface area contributed by atoms with E-state index >= 15 is 0 Å². The fourth-order valence-electron chi connectivity index (χ4n) is 5.18. The maximum atomic E-state index is 6.37. The zero-order valence-electron chi connectivity index (χ0n) is 20.1. The molecule has 4 aromatic heterocycles. The summed E-state index contributed by atoms with van der Waals surface area (Å²) in [4.78, 5) is 20.8. The molecule has 8 nitrogen and oxygen atoms in total. The maximum absolute atomic E-state index is 6.37. The van der Waals surface area contributed by atoms with Crippen LogP contribution in [0, 0.1) is 0 Å². The van der Waals surface area contributed by atoms with Crippen molar-refractivity contribution >= 4 is 56.9 Å². The summed E-state index contributed by atoms with van der Waals surface area (Å²) in [5.41, 5.74) is 11.8. The number of nitrogen functional groups attached to an aromatic ring is 1. The number of pyridine rings is 2. The summed E-state index contributed by atoms with van der Waals surface area (Å²) < 4.78 is 1.92. The van der Waals surface area contributed by atoms with Gasteiger partial charge in [0.25, 0.3) is 0 Å². The Hall–Kier alpha value is -4.30. The van der Waals surface area contributed by atoms with Gasteiger partial charge in [0, 0.05) is 35.6 Å². The predicted octanol–water partition coefficient (Wildman–Crippen LogP) is 5.24. The number of hydrogen-bond acceptors (Lipinski definition) is 7. The minimum absolute atomic E-state index is 0. The Morgan fingerprint density at radius 2 is 1.65 bits per heavy atom. The van der Waals surface area contributed by atoms with Crippen LogP contribution in [0.5, 0.6) is 0 Å². The van der Waals surface area contributed by atoms with E-state index in [9.17, 15) is 0 Å². The molecule has 0 aliphatic carbocycles. The lowest BCUT2D eigenvalue weighted by Gasteiger charge is -2.19. The summed E-state index contributed by atoms with van der Waals surface area (Å²) in [5, 5.41) is 7.92. The third-order valence-corrected chi connectivity index (χ3v) is 6.96. The Kier molecular flexibility index (Phi) is 5.81. The molecule has 9 heteroatoms. The number of nitrogens with two attached hydrogens (primary N) is 1. The van der Waals surface area contributed by atoms with Crippen molar-refractivity contribution in [1.82, 2.24) is 29.7 Å². The van der Waals surface area contributed by atoms with E-state index in [4.69, 9.17) is 15.8 Å². The van der Waals surface area contributed by atoms with Crippen molar-refractivity contribution in [2.75, 3.05) is 23.7 Å². The molecule has 37 heavy (non-hydrogen) atoms. The SMILES string of the molecule is Cl.Nc1ncnc2c1c(-c1cnc3ccccc3c1)nn2Cc1cc(N2CCCC2)nc2ccccc12. The second-order valence-corrected chi connectivity index (χ2v) is 9.23. The Morgan fingerprint density at radius 3 is 2.51 bits per heavy atom. The summed E-state index contributed by atoms with van der Waals surface area (Å²) >= 11 is 0. The molecular weight excluding hydrogens is 484 g/mol. The number of nitrogens with zero attached hydrogens (tertiary/aromatic N) is 7. The first-order valence-electron chi connectivity index (χ1n) is 12.2. The fraction of sp³-hybridized carbons (Fsp3) is 0.179. The number of hydrogen-bond donors (Lipinski definition) is 1. The summed E-state index contributed by atoms with van der Waals surface area (Å²) in [6, 6.07) is 20.6. The lowest BCUT2D eigenvalue weighted by Crippen LogP contribution is -2.19. The predicted molar refractivity (Wildman–Crippen MR) is 150 cm³/mol. The number of anilines is 2. The molecule has 7 rings (SSSR count). The summed E-state index contributed by atoms with van der Waals surface area (Å²) in [5.74, 6) is 1.43. The van der Waals surface area contributed by atoms with Crippen LogP contribution in [0.3, 0.4) is 0 Å². The standard InChI is InChI=1S/C28H24N8.ClH/c29-27-25-26(19-13-18-7-1-3-9-22(18)30-15-19)34-36(28(25)32-17-31-27)16-20-14-24(35-11-5-6-12-35)33-23-10-4-2-8-21(20)23;/h1-4,7-10,13-15,17H,5-6,11-12,16H2,(H2,29,31,32);1H. The minimum Gasteiger partial charge on any atom is -0.383 e. The molecule has 1 saturated heterocycles. The largest absolute Gasteiger partial charge is 0.383 e. The molecule has 6 aromatic rings. The number of para-hydroxylation sites is 2. The Morgan fingerprint density at radius 1 is 0.865 bits per heavy atom. The fourth-order valence-corrected chi connectivity index (χ4v) is 5.18. The molecule has 0 saturated carbocycles. The van der Waals surface area contributed by atoms with E-state index in [1.165, 1.54) is 19.2 Å². The molecule has 1 aliphatic rings. The van der Waals surface area contributed by atoms with E-state index in [2.05, 4.69) is 50.2 Å². The molecule has 0 atom stereocenters. The highest BCUT2D eigenvalue weighted by atomic mass is 35.5. The molecule has 0 bridgehead atoms. The van der Waals surface area contributed by atoms with Gasteiger partial charge in [0.2, 0.25) is 0 Å². The monoisotopic (exact) mass is 508 g/mol. The Balaban J connectivity index is 0.00000252. The first kappa shape index (κ1) is 23.1. The lowest BCUT2D eigenvalue weighted by atomic mass is 10.1. The highest BCUT2D eigenvalue weighted by Crippen LogP contribution is 2.33. The number of fused-ring (bicyclic) bond motifs is 3. The first-order valence-corrected chi connectivity index (χ1v) is 12.2. The van der Waals surface area contributed by atoms with E-state index in [-0.39, 0.29) is 12.4 Å². The molecule has 2 N–H and O–H groups in total. The zero-order chi connectivity index (χ0) is 24.1. The number of aromatic nitrogens is 6. The van der Waals surface area contributed by atoms with Gasteiger partial charge in [-0.05, 0) is 42.7 Å². The molecule has 5 heterocycles. The minimum atomic E-state index is 0. The molecule has 1 fully saturated rings. The van der Waals surface area contributed by atoms with Crippen LogP contribution in [0.25, 0.3) is 44.1 Å². The highest BCUT2D eigenvalue weighted by molar-refractivity contribution is 5.99. The molecule has 0 unspecified atom stereocenters. The van der Waals surface area contributed by atoms with E-state index < -0.39 is 0 Å². The van der Waals surface area contributed by atoms with Crippen LogP contribution < -0.4 is 10.6 Å². The van der Waals surface area contributed by atoms with Gasteiger partial charge in [-0.1, -0.05) is 36.4 Å². The van der Waals surface area contributed by atoms with Gasteiger partial charge < -0.3 is 10.6 Å². The molecule has 0 spiro atoms. The molecule has 184 valence electrons. The molecule has 0 amide bonds. The van der Waals surface area contributed by atoms with Crippen LogP contribution in [0.15, 0.2) is 73.2 Å². The van der Waals surface area contributed by atoms with E-state index in [1.54, 1.807) is 0 Å². The van der Waals surface area contributed by atoms with Crippen molar-refractivity contribution in [3.8, 4) is 11.3 Å². The van der Waals surface area contributed by atoms with Crippen LogP contribution in [-0.2, 0) is 6.54 Å². The van der Waals surface area contributed by atoms with Gasteiger partial charge in [-0.2, -0.15) is 5.10 Å². The van der Waals surface area contributed by atoms with Crippen LogP contribution in [0.2, 0.25) is 0 Å². The van der Waals surface area contributed by atoms with Gasteiger partial charge in [0.1, 0.15) is 23.7 Å². The Labute approximate surface area is 219 Å². The van der Waals surface area contributed by atoms with Crippen molar-refractivity contribution in [3.05, 3.63) is 78.8 Å². The molecule has 2 aromatic carbocycles. The smallest absolute Gasteiger partial charge is 0.164 e. The van der Waals surface area contributed by atoms with E-state index in [0.717, 1.165) is 62.9 Å². The summed E-state index contributed by atoms with van der Waals surface area (Å²) in [6.07, 6.45) is 5.74. The van der Waals surface area contributed by atoms with Crippen molar-refractivity contribution in [1.29, 1.82) is 0 Å². The second-order valence-electron chi connectivity index (χ2n) is 9.23. The molecule has 1 aliphatic heterocycles. The van der Waals surface area contributed by atoms with Gasteiger partial charge in [0.05, 0.1) is 23.0 Å². The van der Waals surface area contributed by atoms with E-state index in [1.807, 2.05) is 41.2 Å². The maximum Gasteiger partial charge on any atom is 0.164 e. The average molecular weight is 509 g/mol. The number of rotatable bonds is 4. The average Bonchev–Trinajstić information content (AvgIpc) is 3.58. The van der Waals surface area contributed by atoms with Crippen molar-refractivity contribution in [2.45, 2.75) is 19.4 Å². The van der Waals surface area contributed by atoms with Crippen LogP contribution in [-0.4, -0.2) is 42.8 Å². The van der Waals surface area contributed by atoms with Crippen molar-refractivity contribution in [2.24, 2.45) is 0 Å². The summed E-state index contributed by atoms with van der Waals surface area (Å²) in [6.45, 7) is 2.62. The third-order valence-electron chi connectivity index (χ3n) is 6.96. The topological polar surface area (TPSA) is 98.6 Å². The number of benzene rings is 2. The number of halogens is 1. The van der Waals surface area contributed by atoms with Crippen molar-refractivity contribution < 1.29 is 0 Å². The summed E-state index contributed by atoms with van der Waals surface area (Å²) in [7, 11) is 0. The van der Waals surface area contributed by atoms with Gasteiger partial charge in [-0.3, -0.25) is 4.98 Å². The van der Waals surface area contributed by atoms with Gasteiger partial charge in [-0.15, -0.1) is 12.4 Å². The second kappa shape index (κ2) is 9.29. The normalized spacial score (nSPS) is 13.5. The van der Waals surface area contributed by atoms with Crippen LogP contribution >= 0.6 is 12.4 Å². The van der Waals surface area contributed by atoms with E-state index in [0.29, 0.717) is 18.0 Å². The van der Waals surface area contributed by atoms with Gasteiger partial charge >= 0.3 is 0 Å². The lowest BCUT2D eigenvalue weighted by molar-refractivity contribution is 0.709. The third kappa shape index (κ3) is 3.99. The van der Waals surface area contributed by atoms with Crippen LogP contribution in [0.4, 0.5) is 11.6 Å². The van der Waals surface area contributed by atoms with Gasteiger partial charge in [-0.25, -0.2) is 19.6 Å². The first-order chi connectivity index (χ1) is 17.7.